The van der Waals surface area contributed by atoms with Gasteiger partial charge in [-0.25, -0.2) is 0 Å². The third kappa shape index (κ3) is 2.50. The maximum atomic E-state index is 12.5. The molecule has 2 aliphatic heterocycles. The SMILES string of the molecule is COc1ccc2c3c(n(C)c2c1)[C@H](CO)NCC31CN(C(=O)CC2CC2)C1. The van der Waals surface area contributed by atoms with Crippen molar-refractivity contribution in [3.63, 3.8) is 0 Å². The molecule has 1 atom stereocenters. The van der Waals surface area contributed by atoms with Crippen molar-refractivity contribution in [3.05, 3.63) is 29.5 Å². The summed E-state index contributed by atoms with van der Waals surface area (Å²) >= 11 is 0. The molecule has 0 radical (unpaired) electrons. The number of fused-ring (bicyclic) bond motifs is 4. The number of likely N-dealkylation sites (tertiary alicyclic amines) is 1. The van der Waals surface area contributed by atoms with E-state index in [-0.39, 0.29) is 18.1 Å². The van der Waals surface area contributed by atoms with Crippen molar-refractivity contribution in [1.82, 2.24) is 14.8 Å². The van der Waals surface area contributed by atoms with E-state index in [9.17, 15) is 9.90 Å². The Labute approximate surface area is 159 Å². The summed E-state index contributed by atoms with van der Waals surface area (Å²) in [6.45, 7) is 2.39. The molecule has 3 aliphatic rings. The minimum Gasteiger partial charge on any atom is -0.497 e. The lowest BCUT2D eigenvalue weighted by Gasteiger charge is -2.53. The lowest BCUT2D eigenvalue weighted by Crippen LogP contribution is -2.67. The van der Waals surface area contributed by atoms with Crippen LogP contribution in [0, 0.1) is 5.92 Å². The Bertz CT molecular complexity index is 909. The molecule has 6 heteroatoms. The van der Waals surface area contributed by atoms with Gasteiger partial charge in [-0.05, 0) is 36.5 Å². The summed E-state index contributed by atoms with van der Waals surface area (Å²) in [7, 11) is 3.73. The van der Waals surface area contributed by atoms with E-state index in [0.29, 0.717) is 18.2 Å². The number of carbonyl (C=O) groups is 1. The molecule has 2 fully saturated rings. The van der Waals surface area contributed by atoms with Crippen LogP contribution in [-0.2, 0) is 17.3 Å². The molecule has 144 valence electrons. The second-order valence-corrected chi connectivity index (χ2v) is 8.50. The van der Waals surface area contributed by atoms with Crippen molar-refractivity contribution >= 4 is 16.8 Å². The fourth-order valence-electron chi connectivity index (χ4n) is 5.01. The number of carbonyl (C=O) groups excluding carboxylic acids is 1. The van der Waals surface area contributed by atoms with Gasteiger partial charge in [0.25, 0.3) is 0 Å². The highest BCUT2D eigenvalue weighted by molar-refractivity contribution is 5.89. The van der Waals surface area contributed by atoms with Crippen molar-refractivity contribution in [3.8, 4) is 5.75 Å². The van der Waals surface area contributed by atoms with Gasteiger partial charge in [0.1, 0.15) is 5.75 Å². The Morgan fingerprint density at radius 2 is 2.15 bits per heavy atom. The first-order valence-electron chi connectivity index (χ1n) is 9.85. The first-order chi connectivity index (χ1) is 13.1. The summed E-state index contributed by atoms with van der Waals surface area (Å²) in [5, 5.41) is 14.7. The zero-order valence-corrected chi connectivity index (χ0v) is 16.0. The summed E-state index contributed by atoms with van der Waals surface area (Å²) in [5.74, 6) is 1.76. The second-order valence-electron chi connectivity index (χ2n) is 8.50. The molecule has 1 saturated heterocycles. The number of benzene rings is 1. The van der Waals surface area contributed by atoms with Crippen LogP contribution in [0.25, 0.3) is 10.9 Å². The van der Waals surface area contributed by atoms with E-state index < -0.39 is 0 Å². The average Bonchev–Trinajstić information content (AvgIpc) is 3.42. The van der Waals surface area contributed by atoms with E-state index in [4.69, 9.17) is 4.74 Å². The fourth-order valence-corrected chi connectivity index (χ4v) is 5.01. The number of ether oxygens (including phenoxy) is 1. The summed E-state index contributed by atoms with van der Waals surface area (Å²) in [4.78, 5) is 14.5. The summed E-state index contributed by atoms with van der Waals surface area (Å²) in [5.41, 5.74) is 3.50. The molecule has 27 heavy (non-hydrogen) atoms. The van der Waals surface area contributed by atoms with E-state index in [1.54, 1.807) is 7.11 Å². The molecule has 5 rings (SSSR count). The number of hydrogen-bond donors (Lipinski definition) is 2. The minimum absolute atomic E-state index is 0.0612. The minimum atomic E-state index is -0.0785. The molecule has 1 spiro atoms. The zero-order chi connectivity index (χ0) is 18.8. The summed E-state index contributed by atoms with van der Waals surface area (Å²) in [6.07, 6.45) is 3.13. The van der Waals surface area contributed by atoms with E-state index in [2.05, 4.69) is 29.1 Å². The Morgan fingerprint density at radius 3 is 2.81 bits per heavy atom. The van der Waals surface area contributed by atoms with Crippen LogP contribution in [0.1, 0.15) is 36.6 Å². The highest BCUT2D eigenvalue weighted by Crippen LogP contribution is 2.47. The third-order valence-electron chi connectivity index (χ3n) is 6.68. The van der Waals surface area contributed by atoms with Gasteiger partial charge in [0.15, 0.2) is 0 Å². The molecular formula is C21H27N3O3. The number of hydrogen-bond acceptors (Lipinski definition) is 4. The van der Waals surface area contributed by atoms with E-state index in [1.165, 1.54) is 23.8 Å². The smallest absolute Gasteiger partial charge is 0.222 e. The Morgan fingerprint density at radius 1 is 1.37 bits per heavy atom. The topological polar surface area (TPSA) is 66.7 Å². The van der Waals surface area contributed by atoms with Crippen molar-refractivity contribution < 1.29 is 14.6 Å². The molecule has 1 aromatic heterocycles. The number of aryl methyl sites for hydroxylation is 1. The van der Waals surface area contributed by atoms with Gasteiger partial charge >= 0.3 is 0 Å². The average molecular weight is 369 g/mol. The molecule has 2 aromatic rings. The quantitative estimate of drug-likeness (QED) is 0.861. The van der Waals surface area contributed by atoms with Crippen LogP contribution in [-0.4, -0.2) is 53.8 Å². The van der Waals surface area contributed by atoms with Crippen molar-refractivity contribution in [2.45, 2.75) is 30.7 Å². The molecule has 1 aromatic carbocycles. The first kappa shape index (κ1) is 17.1. The molecule has 3 heterocycles. The van der Waals surface area contributed by atoms with Crippen LogP contribution in [0.3, 0.4) is 0 Å². The van der Waals surface area contributed by atoms with Crippen LogP contribution in [0.4, 0.5) is 0 Å². The van der Waals surface area contributed by atoms with Crippen molar-refractivity contribution in [2.75, 3.05) is 33.4 Å². The first-order valence-corrected chi connectivity index (χ1v) is 9.85. The van der Waals surface area contributed by atoms with Gasteiger partial charge in [0.2, 0.25) is 5.91 Å². The van der Waals surface area contributed by atoms with E-state index in [1.807, 2.05) is 11.0 Å². The van der Waals surface area contributed by atoms with Crippen LogP contribution in [0.2, 0.25) is 0 Å². The summed E-state index contributed by atoms with van der Waals surface area (Å²) in [6, 6.07) is 6.11. The number of aliphatic hydroxyl groups is 1. The molecule has 2 N–H and O–H groups in total. The van der Waals surface area contributed by atoms with Crippen molar-refractivity contribution in [1.29, 1.82) is 0 Å². The normalized spacial score (nSPS) is 23.4. The van der Waals surface area contributed by atoms with E-state index >= 15 is 0 Å². The van der Waals surface area contributed by atoms with E-state index in [0.717, 1.165) is 36.6 Å². The maximum Gasteiger partial charge on any atom is 0.222 e. The van der Waals surface area contributed by atoms with Gasteiger partial charge < -0.3 is 24.6 Å². The number of methoxy groups -OCH3 is 1. The van der Waals surface area contributed by atoms with Gasteiger partial charge in [0.05, 0.1) is 25.3 Å². The molecule has 6 nitrogen and oxygen atoms in total. The standard InChI is InChI=1S/C21H27N3O3/c1-23-17-8-14(27-2)5-6-15(17)19-20(23)16(9-25)22-10-21(19)11-24(12-21)18(26)7-13-3-4-13/h5-6,8,13,16,22,25H,3-4,7,9-12H2,1-2H3/t16-/m0/s1. The lowest BCUT2D eigenvalue weighted by molar-refractivity contribution is -0.139. The van der Waals surface area contributed by atoms with Crippen LogP contribution >= 0.6 is 0 Å². The number of aromatic nitrogens is 1. The number of amides is 1. The third-order valence-corrected chi connectivity index (χ3v) is 6.68. The van der Waals surface area contributed by atoms with Crippen molar-refractivity contribution in [2.24, 2.45) is 13.0 Å². The zero-order valence-electron chi connectivity index (χ0n) is 16.0. The Balaban J connectivity index is 1.55. The Hall–Kier alpha value is -2.05. The van der Waals surface area contributed by atoms with Crippen LogP contribution < -0.4 is 10.1 Å². The number of nitrogens with one attached hydrogen (secondary N) is 1. The largest absolute Gasteiger partial charge is 0.497 e. The predicted octanol–water partition coefficient (Wildman–Crippen LogP) is 1.70. The van der Waals surface area contributed by atoms with Gasteiger partial charge in [-0.2, -0.15) is 0 Å². The van der Waals surface area contributed by atoms with Crippen LogP contribution in [0.15, 0.2) is 18.2 Å². The molecular weight excluding hydrogens is 342 g/mol. The maximum absolute atomic E-state index is 12.5. The molecule has 1 saturated carbocycles. The molecule has 0 unspecified atom stereocenters. The van der Waals surface area contributed by atoms with Gasteiger partial charge in [-0.1, -0.05) is 0 Å². The monoisotopic (exact) mass is 369 g/mol. The number of rotatable bonds is 4. The van der Waals surface area contributed by atoms with Gasteiger partial charge in [-0.15, -0.1) is 0 Å². The predicted molar refractivity (Wildman–Crippen MR) is 103 cm³/mol. The summed E-state index contributed by atoms with van der Waals surface area (Å²) < 4.78 is 7.59. The fraction of sp³-hybridized carbons (Fsp3) is 0.571. The highest BCUT2D eigenvalue weighted by atomic mass is 16.5. The molecule has 1 amide bonds. The number of nitrogens with zero attached hydrogens (tertiary/aromatic N) is 2. The lowest BCUT2D eigenvalue weighted by atomic mass is 9.69. The van der Waals surface area contributed by atoms with Gasteiger partial charge in [0, 0.05) is 55.7 Å². The highest BCUT2D eigenvalue weighted by Gasteiger charge is 2.52. The van der Waals surface area contributed by atoms with Crippen LogP contribution in [0.5, 0.6) is 5.75 Å². The Kier molecular flexibility index (Phi) is 3.78. The van der Waals surface area contributed by atoms with Gasteiger partial charge in [-0.3, -0.25) is 4.79 Å². The molecule has 0 bridgehead atoms. The number of aliphatic hydroxyl groups excluding tert-OH is 1. The second kappa shape index (κ2) is 5.97. The molecule has 1 aliphatic carbocycles.